The standard InChI is InChI=1S/C11H19NS/c1-3-10(8-5-6-13-7-8)11-4-2-9(1)12-11/h8-12H,1-7H2. The van der Waals surface area contributed by atoms with E-state index in [0.29, 0.717) is 0 Å². The molecule has 0 amide bonds. The molecule has 4 atom stereocenters. The maximum absolute atomic E-state index is 3.81. The van der Waals surface area contributed by atoms with E-state index in [1.807, 2.05) is 0 Å². The first-order valence-electron chi connectivity index (χ1n) is 5.77. The Morgan fingerprint density at radius 3 is 2.77 bits per heavy atom. The highest BCUT2D eigenvalue weighted by Crippen LogP contribution is 2.40. The van der Waals surface area contributed by atoms with Crippen LogP contribution in [0.5, 0.6) is 0 Å². The van der Waals surface area contributed by atoms with Crippen molar-refractivity contribution in [1.82, 2.24) is 5.32 Å². The van der Waals surface area contributed by atoms with E-state index >= 15 is 0 Å². The van der Waals surface area contributed by atoms with Crippen LogP contribution in [-0.2, 0) is 0 Å². The zero-order valence-corrected chi connectivity index (χ0v) is 8.98. The summed E-state index contributed by atoms with van der Waals surface area (Å²) in [6.45, 7) is 0. The number of hydrogen-bond acceptors (Lipinski definition) is 2. The van der Waals surface area contributed by atoms with Gasteiger partial charge in [0.05, 0.1) is 0 Å². The monoisotopic (exact) mass is 197 g/mol. The minimum atomic E-state index is 0.898. The predicted molar refractivity (Wildman–Crippen MR) is 58.1 cm³/mol. The van der Waals surface area contributed by atoms with Gasteiger partial charge in [-0.25, -0.2) is 0 Å². The van der Waals surface area contributed by atoms with Gasteiger partial charge in [-0.1, -0.05) is 0 Å². The van der Waals surface area contributed by atoms with E-state index in [2.05, 4.69) is 17.1 Å². The smallest absolute Gasteiger partial charge is 0.0101 e. The van der Waals surface area contributed by atoms with E-state index in [1.54, 1.807) is 0 Å². The first-order chi connectivity index (χ1) is 6.43. The fourth-order valence-corrected chi connectivity index (χ4v) is 4.82. The zero-order chi connectivity index (χ0) is 8.67. The summed E-state index contributed by atoms with van der Waals surface area (Å²) >= 11 is 2.17. The third-order valence-corrected chi connectivity index (χ3v) is 5.40. The van der Waals surface area contributed by atoms with Crippen molar-refractivity contribution in [3.8, 4) is 0 Å². The van der Waals surface area contributed by atoms with Crippen molar-refractivity contribution in [2.45, 2.75) is 44.2 Å². The van der Waals surface area contributed by atoms with Gasteiger partial charge in [-0.05, 0) is 55.4 Å². The van der Waals surface area contributed by atoms with Gasteiger partial charge in [-0.3, -0.25) is 0 Å². The van der Waals surface area contributed by atoms with Crippen molar-refractivity contribution in [2.24, 2.45) is 11.8 Å². The molecule has 1 nitrogen and oxygen atoms in total. The molecule has 3 saturated heterocycles. The van der Waals surface area contributed by atoms with Crippen LogP contribution in [0, 0.1) is 11.8 Å². The number of hydrogen-bond donors (Lipinski definition) is 1. The Hall–Kier alpha value is 0.310. The van der Waals surface area contributed by atoms with Gasteiger partial charge in [0.2, 0.25) is 0 Å². The van der Waals surface area contributed by atoms with E-state index in [4.69, 9.17) is 0 Å². The lowest BCUT2D eigenvalue weighted by molar-refractivity contribution is 0.220. The highest BCUT2D eigenvalue weighted by atomic mass is 32.2. The molecule has 0 saturated carbocycles. The third-order valence-electron chi connectivity index (χ3n) is 4.21. The van der Waals surface area contributed by atoms with E-state index in [9.17, 15) is 0 Å². The van der Waals surface area contributed by atoms with Crippen LogP contribution >= 0.6 is 11.8 Å². The molecule has 3 aliphatic heterocycles. The Balaban J connectivity index is 1.69. The van der Waals surface area contributed by atoms with Crippen molar-refractivity contribution in [3.63, 3.8) is 0 Å². The summed E-state index contributed by atoms with van der Waals surface area (Å²) in [4.78, 5) is 0. The topological polar surface area (TPSA) is 12.0 Å². The summed E-state index contributed by atoms with van der Waals surface area (Å²) in [6, 6.07) is 1.80. The fraction of sp³-hybridized carbons (Fsp3) is 1.00. The van der Waals surface area contributed by atoms with Crippen LogP contribution in [0.4, 0.5) is 0 Å². The van der Waals surface area contributed by atoms with E-state index < -0.39 is 0 Å². The maximum Gasteiger partial charge on any atom is 0.0101 e. The average molecular weight is 197 g/mol. The highest BCUT2D eigenvalue weighted by molar-refractivity contribution is 7.99. The molecule has 3 aliphatic rings. The number of thioether (sulfide) groups is 1. The van der Waals surface area contributed by atoms with Crippen LogP contribution in [0.1, 0.15) is 32.1 Å². The minimum Gasteiger partial charge on any atom is -0.311 e. The molecule has 13 heavy (non-hydrogen) atoms. The lowest BCUT2D eigenvalue weighted by Crippen LogP contribution is -2.43. The molecular formula is C11H19NS. The van der Waals surface area contributed by atoms with Gasteiger partial charge in [-0.2, -0.15) is 11.8 Å². The van der Waals surface area contributed by atoms with Crippen LogP contribution in [0.3, 0.4) is 0 Å². The van der Waals surface area contributed by atoms with Gasteiger partial charge in [-0.15, -0.1) is 0 Å². The first-order valence-corrected chi connectivity index (χ1v) is 6.93. The normalized spacial score (nSPS) is 49.8. The molecule has 0 spiro atoms. The summed E-state index contributed by atoms with van der Waals surface area (Å²) in [5.41, 5.74) is 0. The van der Waals surface area contributed by atoms with Gasteiger partial charge in [0, 0.05) is 12.1 Å². The summed E-state index contributed by atoms with van der Waals surface area (Å²) in [7, 11) is 0. The summed E-state index contributed by atoms with van der Waals surface area (Å²) < 4.78 is 0. The second-order valence-electron chi connectivity index (χ2n) is 4.91. The van der Waals surface area contributed by atoms with Crippen LogP contribution in [0.25, 0.3) is 0 Å². The second-order valence-corrected chi connectivity index (χ2v) is 6.06. The molecule has 0 aromatic heterocycles. The Morgan fingerprint density at radius 2 is 1.92 bits per heavy atom. The van der Waals surface area contributed by atoms with Crippen molar-refractivity contribution in [1.29, 1.82) is 0 Å². The summed E-state index contributed by atoms with van der Waals surface area (Å²) in [5, 5.41) is 3.81. The van der Waals surface area contributed by atoms with Crippen LogP contribution in [-0.4, -0.2) is 23.6 Å². The van der Waals surface area contributed by atoms with E-state index in [0.717, 1.165) is 23.9 Å². The quantitative estimate of drug-likeness (QED) is 0.692. The van der Waals surface area contributed by atoms with Gasteiger partial charge in [0.15, 0.2) is 0 Å². The van der Waals surface area contributed by atoms with Gasteiger partial charge >= 0.3 is 0 Å². The zero-order valence-electron chi connectivity index (χ0n) is 8.17. The summed E-state index contributed by atoms with van der Waals surface area (Å²) in [5.74, 6) is 4.97. The summed E-state index contributed by atoms with van der Waals surface area (Å²) in [6.07, 6.45) is 7.41. The second kappa shape index (κ2) is 3.47. The van der Waals surface area contributed by atoms with Crippen molar-refractivity contribution in [3.05, 3.63) is 0 Å². The number of piperidine rings is 1. The Kier molecular flexibility index (Phi) is 2.30. The van der Waals surface area contributed by atoms with Crippen LogP contribution in [0.2, 0.25) is 0 Å². The first kappa shape index (κ1) is 8.60. The molecule has 1 N–H and O–H groups in total. The molecule has 2 heteroatoms. The number of fused-ring (bicyclic) bond motifs is 2. The molecule has 3 rings (SSSR count). The maximum atomic E-state index is 3.81. The number of rotatable bonds is 1. The molecule has 0 aromatic carbocycles. The van der Waals surface area contributed by atoms with Crippen molar-refractivity contribution in [2.75, 3.05) is 11.5 Å². The molecular weight excluding hydrogens is 178 g/mol. The fourth-order valence-electron chi connectivity index (χ4n) is 3.46. The largest absolute Gasteiger partial charge is 0.311 e. The lowest BCUT2D eigenvalue weighted by atomic mass is 9.81. The molecule has 0 aliphatic carbocycles. The molecule has 3 fully saturated rings. The van der Waals surface area contributed by atoms with Gasteiger partial charge in [0.25, 0.3) is 0 Å². The average Bonchev–Trinajstić information content (AvgIpc) is 2.77. The third kappa shape index (κ3) is 1.52. The number of nitrogens with one attached hydrogen (secondary N) is 1. The van der Waals surface area contributed by atoms with Crippen LogP contribution in [0.15, 0.2) is 0 Å². The molecule has 0 aromatic rings. The molecule has 4 unspecified atom stereocenters. The molecule has 0 radical (unpaired) electrons. The van der Waals surface area contributed by atoms with Gasteiger partial charge in [0.1, 0.15) is 0 Å². The van der Waals surface area contributed by atoms with Gasteiger partial charge < -0.3 is 5.32 Å². The Bertz CT molecular complexity index is 187. The highest BCUT2D eigenvalue weighted by Gasteiger charge is 2.39. The lowest BCUT2D eigenvalue weighted by Gasteiger charge is -2.34. The Morgan fingerprint density at radius 1 is 1.00 bits per heavy atom. The molecule has 2 bridgehead atoms. The van der Waals surface area contributed by atoms with E-state index in [1.165, 1.54) is 43.6 Å². The molecule has 74 valence electrons. The van der Waals surface area contributed by atoms with Crippen LogP contribution < -0.4 is 5.32 Å². The minimum absolute atomic E-state index is 0.898. The van der Waals surface area contributed by atoms with Crippen molar-refractivity contribution < 1.29 is 0 Å². The predicted octanol–water partition coefficient (Wildman–Crippen LogP) is 2.27. The van der Waals surface area contributed by atoms with Crippen molar-refractivity contribution >= 4 is 11.8 Å². The molecule has 3 heterocycles. The Labute approximate surface area is 85.0 Å². The van der Waals surface area contributed by atoms with E-state index in [-0.39, 0.29) is 0 Å². The SMILES string of the molecule is C1CC(C2CCC3CCC2N3)CS1.